The van der Waals surface area contributed by atoms with Crippen molar-refractivity contribution in [2.75, 3.05) is 5.75 Å². The first-order valence-electron chi connectivity index (χ1n) is 8.17. The summed E-state index contributed by atoms with van der Waals surface area (Å²) in [6.45, 7) is 0. The second-order valence-electron chi connectivity index (χ2n) is 5.53. The number of amides is 1. The Hall–Kier alpha value is -2.21. The Kier molecular flexibility index (Phi) is 6.98. The molecule has 0 aliphatic rings. The van der Waals surface area contributed by atoms with Gasteiger partial charge in [-0.1, -0.05) is 41.4 Å². The lowest BCUT2D eigenvalue weighted by atomic mass is 10.2. The fourth-order valence-corrected chi connectivity index (χ4v) is 3.63. The van der Waals surface area contributed by atoms with Crippen LogP contribution >= 0.6 is 35.0 Å². The third kappa shape index (κ3) is 5.89. The third-order valence-electron chi connectivity index (χ3n) is 3.55. The van der Waals surface area contributed by atoms with Crippen LogP contribution in [0.3, 0.4) is 0 Å². The Balaban J connectivity index is 1.48. The van der Waals surface area contributed by atoms with Crippen LogP contribution in [0.15, 0.2) is 75.1 Å². The molecular formula is C20H16Cl2N2O2S. The summed E-state index contributed by atoms with van der Waals surface area (Å²) in [6.07, 6.45) is 1.83. The predicted molar refractivity (Wildman–Crippen MR) is 112 cm³/mol. The molecule has 1 N–H and O–H groups in total. The van der Waals surface area contributed by atoms with Gasteiger partial charge < -0.3 is 4.42 Å². The van der Waals surface area contributed by atoms with Gasteiger partial charge in [0.05, 0.1) is 11.2 Å². The van der Waals surface area contributed by atoms with E-state index >= 15 is 0 Å². The summed E-state index contributed by atoms with van der Waals surface area (Å²) in [5.74, 6) is 1.65. The number of carbonyl (C=O) groups excluding carboxylic acids is 1. The first-order valence-corrected chi connectivity index (χ1v) is 9.91. The zero-order valence-electron chi connectivity index (χ0n) is 14.2. The summed E-state index contributed by atoms with van der Waals surface area (Å²) in [7, 11) is 0. The van der Waals surface area contributed by atoms with Crippen molar-refractivity contribution in [3.8, 4) is 11.3 Å². The predicted octanol–water partition coefficient (Wildman–Crippen LogP) is 5.89. The van der Waals surface area contributed by atoms with E-state index in [0.717, 1.165) is 10.5 Å². The van der Waals surface area contributed by atoms with Gasteiger partial charge in [0.25, 0.3) is 0 Å². The van der Waals surface area contributed by atoms with E-state index in [2.05, 4.69) is 10.5 Å². The molecule has 0 fully saturated rings. The smallest absolute Gasteiger partial charge is 0.240 e. The van der Waals surface area contributed by atoms with Gasteiger partial charge in [0, 0.05) is 27.7 Å². The van der Waals surface area contributed by atoms with Crippen LogP contribution < -0.4 is 5.43 Å². The molecule has 0 atom stereocenters. The van der Waals surface area contributed by atoms with E-state index in [9.17, 15) is 4.79 Å². The highest BCUT2D eigenvalue weighted by Gasteiger charge is 2.08. The molecule has 0 aliphatic heterocycles. The Morgan fingerprint density at radius 1 is 1.11 bits per heavy atom. The number of rotatable bonds is 7. The maximum Gasteiger partial charge on any atom is 0.240 e. The van der Waals surface area contributed by atoms with Crippen molar-refractivity contribution >= 4 is 47.1 Å². The Morgan fingerprint density at radius 2 is 1.93 bits per heavy atom. The molecule has 7 heteroatoms. The molecule has 0 saturated heterocycles. The molecule has 27 heavy (non-hydrogen) atoms. The monoisotopic (exact) mass is 418 g/mol. The lowest BCUT2D eigenvalue weighted by molar-refractivity contribution is -0.120. The molecule has 138 valence electrons. The van der Waals surface area contributed by atoms with Crippen LogP contribution in [0, 0.1) is 0 Å². The number of nitrogens with zero attached hydrogens (tertiary/aromatic N) is 1. The molecule has 3 rings (SSSR count). The summed E-state index contributed by atoms with van der Waals surface area (Å²) in [4.78, 5) is 13.0. The van der Waals surface area contributed by atoms with E-state index in [1.165, 1.54) is 6.21 Å². The van der Waals surface area contributed by atoms with Gasteiger partial charge >= 0.3 is 0 Å². The zero-order valence-corrected chi connectivity index (χ0v) is 16.5. The molecule has 0 radical (unpaired) electrons. The van der Waals surface area contributed by atoms with E-state index in [1.54, 1.807) is 42.1 Å². The normalized spacial score (nSPS) is 11.0. The van der Waals surface area contributed by atoms with Crippen molar-refractivity contribution in [1.82, 2.24) is 5.43 Å². The number of thioether (sulfide) groups is 1. The SMILES string of the molecule is O=C(CCSc1ccccc1)N/N=C\c1ccc(-c2ccc(Cl)cc2Cl)o1. The van der Waals surface area contributed by atoms with E-state index in [0.29, 0.717) is 33.7 Å². The van der Waals surface area contributed by atoms with Crippen LogP contribution in [0.4, 0.5) is 0 Å². The van der Waals surface area contributed by atoms with Crippen molar-refractivity contribution in [1.29, 1.82) is 0 Å². The molecule has 0 spiro atoms. The van der Waals surface area contributed by atoms with Gasteiger partial charge in [0.2, 0.25) is 5.91 Å². The maximum atomic E-state index is 11.8. The van der Waals surface area contributed by atoms with E-state index in [-0.39, 0.29) is 5.91 Å². The molecule has 0 aliphatic carbocycles. The van der Waals surface area contributed by atoms with E-state index in [1.807, 2.05) is 30.3 Å². The largest absolute Gasteiger partial charge is 0.455 e. The van der Waals surface area contributed by atoms with Crippen LogP contribution in [0.1, 0.15) is 12.2 Å². The lowest BCUT2D eigenvalue weighted by Crippen LogP contribution is -2.17. The Labute approximate surface area is 171 Å². The maximum absolute atomic E-state index is 11.8. The van der Waals surface area contributed by atoms with E-state index in [4.69, 9.17) is 27.6 Å². The van der Waals surface area contributed by atoms with Crippen LogP contribution in [-0.2, 0) is 4.79 Å². The fourth-order valence-electron chi connectivity index (χ4n) is 2.26. The number of halogens is 2. The number of carbonyl (C=O) groups is 1. The number of hydrazone groups is 1. The first-order chi connectivity index (χ1) is 13.1. The second kappa shape index (κ2) is 9.65. The highest BCUT2D eigenvalue weighted by molar-refractivity contribution is 7.99. The summed E-state index contributed by atoms with van der Waals surface area (Å²) in [5, 5.41) is 4.99. The van der Waals surface area contributed by atoms with Crippen LogP contribution in [0.2, 0.25) is 10.0 Å². The average molecular weight is 419 g/mol. The van der Waals surface area contributed by atoms with Gasteiger partial charge in [0.1, 0.15) is 11.5 Å². The van der Waals surface area contributed by atoms with Gasteiger partial charge in [0.15, 0.2) is 0 Å². The molecule has 2 aromatic carbocycles. The highest BCUT2D eigenvalue weighted by atomic mass is 35.5. The van der Waals surface area contributed by atoms with Crippen LogP contribution in [0.25, 0.3) is 11.3 Å². The Bertz CT molecular complexity index is 942. The third-order valence-corrected chi connectivity index (χ3v) is 5.11. The minimum atomic E-state index is -0.151. The molecule has 1 aromatic heterocycles. The van der Waals surface area contributed by atoms with Crippen molar-refractivity contribution in [2.24, 2.45) is 5.10 Å². The molecule has 3 aromatic rings. The minimum Gasteiger partial charge on any atom is -0.455 e. The average Bonchev–Trinajstić information content (AvgIpc) is 3.11. The molecule has 0 saturated carbocycles. The molecule has 0 bridgehead atoms. The van der Waals surface area contributed by atoms with E-state index < -0.39 is 0 Å². The van der Waals surface area contributed by atoms with Gasteiger partial charge in [-0.15, -0.1) is 11.8 Å². The number of hydrogen-bond acceptors (Lipinski definition) is 4. The number of hydrogen-bond donors (Lipinski definition) is 1. The van der Waals surface area contributed by atoms with Gasteiger partial charge in [-0.25, -0.2) is 5.43 Å². The zero-order chi connectivity index (χ0) is 19.1. The fraction of sp³-hybridized carbons (Fsp3) is 0.100. The first kappa shape index (κ1) is 19.5. The van der Waals surface area contributed by atoms with Crippen molar-refractivity contribution in [3.05, 3.63) is 76.5 Å². The molecule has 4 nitrogen and oxygen atoms in total. The van der Waals surface area contributed by atoms with Crippen LogP contribution in [-0.4, -0.2) is 17.9 Å². The van der Waals surface area contributed by atoms with Crippen molar-refractivity contribution < 1.29 is 9.21 Å². The molecular weight excluding hydrogens is 403 g/mol. The topological polar surface area (TPSA) is 54.6 Å². The van der Waals surface area contributed by atoms with Crippen molar-refractivity contribution in [2.45, 2.75) is 11.3 Å². The van der Waals surface area contributed by atoms with Crippen LogP contribution in [0.5, 0.6) is 0 Å². The standard InChI is InChI=1S/C20H16Cl2N2O2S/c21-14-6-8-17(18(22)12-14)19-9-7-15(26-19)13-23-24-20(25)10-11-27-16-4-2-1-3-5-16/h1-9,12-13H,10-11H2,(H,24,25)/b23-13-. The Morgan fingerprint density at radius 3 is 2.70 bits per heavy atom. The number of nitrogens with one attached hydrogen (secondary N) is 1. The molecule has 1 heterocycles. The molecule has 1 amide bonds. The van der Waals surface area contributed by atoms with Crippen molar-refractivity contribution in [3.63, 3.8) is 0 Å². The van der Waals surface area contributed by atoms with Gasteiger partial charge in [-0.05, 0) is 42.5 Å². The van der Waals surface area contributed by atoms with Gasteiger partial charge in [-0.2, -0.15) is 5.10 Å². The highest BCUT2D eigenvalue weighted by Crippen LogP contribution is 2.31. The second-order valence-corrected chi connectivity index (χ2v) is 7.54. The molecule has 0 unspecified atom stereocenters. The van der Waals surface area contributed by atoms with Gasteiger partial charge in [-0.3, -0.25) is 4.79 Å². The lowest BCUT2D eigenvalue weighted by Gasteiger charge is -2.01. The minimum absolute atomic E-state index is 0.151. The summed E-state index contributed by atoms with van der Waals surface area (Å²) >= 11 is 13.7. The summed E-state index contributed by atoms with van der Waals surface area (Å²) in [5.41, 5.74) is 3.24. The summed E-state index contributed by atoms with van der Waals surface area (Å²) in [6, 6.07) is 18.7. The summed E-state index contributed by atoms with van der Waals surface area (Å²) < 4.78 is 5.68. The quantitative estimate of drug-likeness (QED) is 0.295. The number of benzene rings is 2. The number of furan rings is 1.